The molecule has 9 heteroatoms. The van der Waals surface area contributed by atoms with Crippen molar-refractivity contribution in [3.63, 3.8) is 0 Å². The Balaban J connectivity index is 1.92. The van der Waals surface area contributed by atoms with Crippen molar-refractivity contribution in [2.24, 2.45) is 5.92 Å². The molecule has 2 aromatic rings. The van der Waals surface area contributed by atoms with Crippen molar-refractivity contribution < 1.29 is 9.53 Å². The normalized spacial score (nSPS) is 13.5. The number of hydrogen-bond donors (Lipinski definition) is 2. The van der Waals surface area contributed by atoms with E-state index in [1.54, 1.807) is 6.92 Å². The van der Waals surface area contributed by atoms with Crippen molar-refractivity contribution in [3.05, 3.63) is 35.7 Å². The summed E-state index contributed by atoms with van der Waals surface area (Å²) < 4.78 is 7.07. The summed E-state index contributed by atoms with van der Waals surface area (Å²) >= 11 is 1.15. The first-order valence-electron chi connectivity index (χ1n) is 9.74. The van der Waals surface area contributed by atoms with Crippen LogP contribution in [0.3, 0.4) is 0 Å². The molecule has 30 heavy (non-hydrogen) atoms. The van der Waals surface area contributed by atoms with Crippen molar-refractivity contribution in [2.75, 3.05) is 11.6 Å². The maximum atomic E-state index is 12.2. The number of nitrogen functional groups attached to an aromatic ring is 1. The molecular weight excluding hydrogens is 400 g/mol. The van der Waals surface area contributed by atoms with Gasteiger partial charge < -0.3 is 15.9 Å². The predicted molar refractivity (Wildman–Crippen MR) is 117 cm³/mol. The number of nitrogens with two attached hydrogens (primary N) is 1. The lowest BCUT2D eigenvalue weighted by molar-refractivity contribution is -0.120. The number of nitrogens with one attached hydrogen (secondary N) is 1. The number of aromatic nitrogens is 3. The van der Waals surface area contributed by atoms with Crippen molar-refractivity contribution in [1.29, 1.82) is 5.26 Å². The first-order valence-corrected chi connectivity index (χ1v) is 10.7. The molecule has 1 unspecified atom stereocenters. The van der Waals surface area contributed by atoms with Crippen molar-refractivity contribution in [1.82, 2.24) is 20.2 Å². The fourth-order valence-electron chi connectivity index (χ4n) is 2.46. The van der Waals surface area contributed by atoms with Crippen LogP contribution in [0.4, 0.5) is 0 Å². The molecule has 1 aromatic carbocycles. The highest BCUT2D eigenvalue weighted by molar-refractivity contribution is 7.99. The lowest BCUT2D eigenvalue weighted by Gasteiger charge is -2.27. The zero-order chi connectivity index (χ0) is 22.5. The van der Waals surface area contributed by atoms with Crippen LogP contribution in [-0.4, -0.2) is 32.1 Å². The molecule has 0 aliphatic heterocycles. The average Bonchev–Trinajstić information content (AvgIpc) is 3.03. The Kier molecular flexibility index (Phi) is 7.37. The number of carbonyl (C=O) groups is 1. The minimum absolute atomic E-state index is 0.0178. The van der Waals surface area contributed by atoms with Gasteiger partial charge in [-0.3, -0.25) is 4.79 Å². The summed E-state index contributed by atoms with van der Waals surface area (Å²) in [5, 5.41) is 20.5. The minimum atomic E-state index is -0.921. The number of carbonyl (C=O) groups excluding carboxylic acids is 1. The Morgan fingerprint density at radius 1 is 1.27 bits per heavy atom. The predicted octanol–water partition coefficient (Wildman–Crippen LogP) is 3.01. The van der Waals surface area contributed by atoms with Gasteiger partial charge in [0.25, 0.3) is 0 Å². The van der Waals surface area contributed by atoms with Crippen LogP contribution in [0.2, 0.25) is 0 Å². The molecule has 1 aromatic heterocycles. The second kappa shape index (κ2) is 9.39. The Bertz CT molecular complexity index is 911. The highest BCUT2D eigenvalue weighted by Crippen LogP contribution is 2.25. The van der Waals surface area contributed by atoms with Crippen LogP contribution in [0.15, 0.2) is 29.4 Å². The van der Waals surface area contributed by atoms with Gasteiger partial charge in [0.15, 0.2) is 5.82 Å². The number of thioether (sulfide) groups is 1. The van der Waals surface area contributed by atoms with E-state index in [0.29, 0.717) is 16.7 Å². The van der Waals surface area contributed by atoms with Gasteiger partial charge in [0, 0.05) is 0 Å². The maximum Gasteiger partial charge on any atom is 0.231 e. The van der Waals surface area contributed by atoms with E-state index in [2.05, 4.69) is 42.4 Å². The Labute approximate surface area is 182 Å². The number of ether oxygens (including phenoxy) is 1. The topological polar surface area (TPSA) is 119 Å². The van der Waals surface area contributed by atoms with Gasteiger partial charge in [-0.1, -0.05) is 58.5 Å². The highest BCUT2D eigenvalue weighted by atomic mass is 32.2. The Morgan fingerprint density at radius 2 is 1.90 bits per heavy atom. The molecule has 0 aliphatic rings. The van der Waals surface area contributed by atoms with E-state index in [4.69, 9.17) is 10.6 Å². The fourth-order valence-corrected chi connectivity index (χ4v) is 3.14. The van der Waals surface area contributed by atoms with Gasteiger partial charge in [-0.25, -0.2) is 4.68 Å². The zero-order valence-electron chi connectivity index (χ0n) is 18.4. The molecule has 0 bridgehead atoms. The van der Waals surface area contributed by atoms with Gasteiger partial charge in [-0.2, -0.15) is 5.26 Å². The summed E-state index contributed by atoms with van der Waals surface area (Å²) in [6, 6.07) is 10.1. The molecular formula is C21H30N6O2S. The second-order valence-electron chi connectivity index (χ2n) is 8.64. The quantitative estimate of drug-likeness (QED) is 0.488. The van der Waals surface area contributed by atoms with Gasteiger partial charge in [0.05, 0.1) is 11.8 Å². The molecule has 2 rings (SSSR count). The van der Waals surface area contributed by atoms with Gasteiger partial charge in [0.2, 0.25) is 11.1 Å². The number of nitriles is 1. The number of hydrogen-bond acceptors (Lipinski definition) is 7. The SMILES string of the molecule is CC(C)C(C)(C#N)NC(=O)CSc1nnc(COc2ccc(C(C)(C)C)cc2)n1N. The summed E-state index contributed by atoms with van der Waals surface area (Å²) in [5.74, 6) is 7.00. The molecule has 1 amide bonds. The lowest BCUT2D eigenvalue weighted by atomic mass is 9.87. The number of benzene rings is 1. The Hall–Kier alpha value is -2.73. The van der Waals surface area contributed by atoms with Crippen molar-refractivity contribution >= 4 is 17.7 Å². The molecule has 0 spiro atoms. The molecule has 0 saturated carbocycles. The minimum Gasteiger partial charge on any atom is -0.486 e. The van der Waals surface area contributed by atoms with Gasteiger partial charge in [-0.15, -0.1) is 10.2 Å². The van der Waals surface area contributed by atoms with E-state index in [9.17, 15) is 10.1 Å². The molecule has 0 radical (unpaired) electrons. The van der Waals surface area contributed by atoms with E-state index in [0.717, 1.165) is 11.8 Å². The molecule has 0 saturated heterocycles. The van der Waals surface area contributed by atoms with Gasteiger partial charge in [-0.05, 0) is 36.0 Å². The summed E-state index contributed by atoms with van der Waals surface area (Å²) in [4.78, 5) is 12.2. The van der Waals surface area contributed by atoms with Crippen LogP contribution in [0.5, 0.6) is 5.75 Å². The van der Waals surface area contributed by atoms with E-state index in [-0.39, 0.29) is 29.6 Å². The fraction of sp³-hybridized carbons (Fsp3) is 0.524. The average molecular weight is 431 g/mol. The largest absolute Gasteiger partial charge is 0.486 e. The van der Waals surface area contributed by atoms with E-state index >= 15 is 0 Å². The van der Waals surface area contributed by atoms with Crippen LogP contribution >= 0.6 is 11.8 Å². The molecule has 0 aliphatic carbocycles. The van der Waals surface area contributed by atoms with E-state index < -0.39 is 5.54 Å². The summed E-state index contributed by atoms with van der Waals surface area (Å²) in [7, 11) is 0. The van der Waals surface area contributed by atoms with Crippen LogP contribution in [0, 0.1) is 17.2 Å². The van der Waals surface area contributed by atoms with Crippen LogP contribution in [0.25, 0.3) is 0 Å². The molecule has 8 nitrogen and oxygen atoms in total. The second-order valence-corrected chi connectivity index (χ2v) is 9.58. The standard InChI is InChI=1S/C21H30N6O2S/c1-14(2)21(6,13-22)24-18(28)12-30-19-26-25-17(27(19)23)11-29-16-9-7-15(8-10-16)20(3,4)5/h7-10,14H,11-12,23H2,1-6H3,(H,24,28). The first-order chi connectivity index (χ1) is 14.0. The third-order valence-electron chi connectivity index (χ3n) is 4.94. The first kappa shape index (κ1) is 23.5. The maximum absolute atomic E-state index is 12.2. The van der Waals surface area contributed by atoms with E-state index in [1.807, 2.05) is 38.1 Å². The lowest BCUT2D eigenvalue weighted by Crippen LogP contribution is -2.49. The molecule has 3 N–H and O–H groups in total. The smallest absolute Gasteiger partial charge is 0.231 e. The number of amides is 1. The highest BCUT2D eigenvalue weighted by Gasteiger charge is 2.30. The molecule has 1 atom stereocenters. The van der Waals surface area contributed by atoms with Crippen molar-refractivity contribution in [3.8, 4) is 11.8 Å². The third kappa shape index (κ3) is 5.89. The number of nitrogens with zero attached hydrogens (tertiary/aromatic N) is 4. The van der Waals surface area contributed by atoms with E-state index in [1.165, 1.54) is 10.2 Å². The zero-order valence-corrected chi connectivity index (χ0v) is 19.2. The third-order valence-corrected chi connectivity index (χ3v) is 5.88. The monoisotopic (exact) mass is 430 g/mol. The number of rotatable bonds is 8. The molecule has 162 valence electrons. The van der Waals surface area contributed by atoms with Crippen molar-refractivity contribution in [2.45, 2.75) is 64.3 Å². The summed E-state index contributed by atoms with van der Waals surface area (Å²) in [6.45, 7) is 12.1. The summed E-state index contributed by atoms with van der Waals surface area (Å²) in [5.41, 5.74) is 0.378. The molecule has 0 fully saturated rings. The van der Waals surface area contributed by atoms with Crippen LogP contribution in [-0.2, 0) is 16.8 Å². The van der Waals surface area contributed by atoms with Gasteiger partial charge in [0.1, 0.15) is 17.9 Å². The van der Waals surface area contributed by atoms with Crippen LogP contribution in [0.1, 0.15) is 52.9 Å². The van der Waals surface area contributed by atoms with Gasteiger partial charge >= 0.3 is 0 Å². The summed E-state index contributed by atoms with van der Waals surface area (Å²) in [6.07, 6.45) is 0. The molecule has 1 heterocycles. The Morgan fingerprint density at radius 3 is 2.43 bits per heavy atom. The van der Waals surface area contributed by atoms with Crippen LogP contribution < -0.4 is 15.9 Å².